The van der Waals surface area contributed by atoms with Crippen LogP contribution >= 0.6 is 28.3 Å². The Balaban J connectivity index is 0.00000180. The van der Waals surface area contributed by atoms with Crippen LogP contribution in [0.1, 0.15) is 23.7 Å². The van der Waals surface area contributed by atoms with E-state index in [0.717, 1.165) is 6.42 Å². The Hall–Kier alpha value is -0.650. The number of likely N-dealkylation sites (tertiary alicyclic amines) is 1. The van der Waals surface area contributed by atoms with Gasteiger partial charge < -0.3 is 10.6 Å². The molecule has 1 amide bonds. The van der Waals surface area contributed by atoms with Crippen LogP contribution in [0.3, 0.4) is 0 Å². The summed E-state index contributed by atoms with van der Waals surface area (Å²) >= 11 is 3.23. The average Bonchev–Trinajstić information content (AvgIpc) is 2.70. The second-order valence-corrected chi connectivity index (χ2v) is 5.59. The molecule has 1 aliphatic heterocycles. The van der Waals surface area contributed by atoms with Gasteiger partial charge in [0.05, 0.1) is 5.56 Å². The van der Waals surface area contributed by atoms with Gasteiger partial charge in [-0.05, 0) is 53.9 Å². The number of halogens is 3. The predicted octanol–water partition coefficient (Wildman–Crippen LogP) is 2.82. The molecule has 2 unspecified atom stereocenters. The molecule has 1 fully saturated rings. The summed E-state index contributed by atoms with van der Waals surface area (Å²) < 4.78 is 14.3. The fourth-order valence-electron chi connectivity index (χ4n) is 2.44. The third-order valence-corrected chi connectivity index (χ3v) is 4.09. The van der Waals surface area contributed by atoms with Gasteiger partial charge in [-0.1, -0.05) is 6.07 Å². The molecule has 1 heterocycles. The molecular weight excluding hydrogens is 335 g/mol. The quantitative estimate of drug-likeness (QED) is 0.890. The van der Waals surface area contributed by atoms with E-state index in [4.69, 9.17) is 5.73 Å². The molecule has 0 aromatic heterocycles. The highest BCUT2D eigenvalue weighted by Gasteiger charge is 2.33. The number of hydrogen-bond acceptors (Lipinski definition) is 2. The van der Waals surface area contributed by atoms with Crippen LogP contribution in [-0.4, -0.2) is 29.9 Å². The zero-order valence-electron chi connectivity index (χ0n) is 10.6. The standard InChI is InChI=1S/C13H16BrFN2O.ClH/c1-8-5-9(6-16)7-17(8)13(18)12-10(14)3-2-4-11(12)15;/h2-4,8-9H,5-7,16H2,1H3;1H. The van der Waals surface area contributed by atoms with Gasteiger partial charge >= 0.3 is 0 Å². The Morgan fingerprint density at radius 2 is 2.26 bits per heavy atom. The van der Waals surface area contributed by atoms with Gasteiger partial charge in [-0.25, -0.2) is 4.39 Å². The van der Waals surface area contributed by atoms with Gasteiger partial charge in [0.15, 0.2) is 0 Å². The summed E-state index contributed by atoms with van der Waals surface area (Å²) in [5.74, 6) is -0.435. The lowest BCUT2D eigenvalue weighted by atomic mass is 10.1. The molecule has 1 saturated heterocycles. The predicted molar refractivity (Wildman–Crippen MR) is 79.0 cm³/mol. The third kappa shape index (κ3) is 3.27. The second kappa shape index (κ2) is 6.68. The normalized spacial score (nSPS) is 22.2. The number of carbonyl (C=O) groups excluding carboxylic acids is 1. The van der Waals surface area contributed by atoms with Crippen LogP contribution in [0.15, 0.2) is 22.7 Å². The first kappa shape index (κ1) is 16.4. The summed E-state index contributed by atoms with van der Waals surface area (Å²) in [6.45, 7) is 3.14. The van der Waals surface area contributed by atoms with Crippen molar-refractivity contribution in [1.29, 1.82) is 0 Å². The van der Waals surface area contributed by atoms with E-state index in [-0.39, 0.29) is 29.9 Å². The minimum atomic E-state index is -0.488. The largest absolute Gasteiger partial charge is 0.335 e. The number of rotatable bonds is 2. The molecule has 0 saturated carbocycles. The molecule has 19 heavy (non-hydrogen) atoms. The van der Waals surface area contributed by atoms with E-state index in [1.807, 2.05) is 6.92 Å². The third-order valence-electron chi connectivity index (χ3n) is 3.43. The van der Waals surface area contributed by atoms with Gasteiger partial charge in [0.25, 0.3) is 5.91 Å². The van der Waals surface area contributed by atoms with Gasteiger partial charge in [-0.2, -0.15) is 0 Å². The van der Waals surface area contributed by atoms with Crippen LogP contribution in [0.4, 0.5) is 4.39 Å². The van der Waals surface area contributed by atoms with Crippen LogP contribution in [0, 0.1) is 11.7 Å². The molecule has 106 valence electrons. The molecule has 2 rings (SSSR count). The molecule has 0 aliphatic carbocycles. The fourth-order valence-corrected chi connectivity index (χ4v) is 2.95. The van der Waals surface area contributed by atoms with Crippen molar-refractivity contribution in [3.8, 4) is 0 Å². The summed E-state index contributed by atoms with van der Waals surface area (Å²) in [6.07, 6.45) is 0.883. The molecule has 2 N–H and O–H groups in total. The molecule has 1 aliphatic rings. The number of carbonyl (C=O) groups is 1. The van der Waals surface area contributed by atoms with Crippen molar-refractivity contribution in [2.24, 2.45) is 11.7 Å². The highest BCUT2D eigenvalue weighted by atomic mass is 79.9. The van der Waals surface area contributed by atoms with E-state index in [1.165, 1.54) is 6.07 Å². The topological polar surface area (TPSA) is 46.3 Å². The molecule has 0 bridgehead atoms. The van der Waals surface area contributed by atoms with E-state index >= 15 is 0 Å². The van der Waals surface area contributed by atoms with Crippen LogP contribution in [0.25, 0.3) is 0 Å². The lowest BCUT2D eigenvalue weighted by Crippen LogP contribution is -2.35. The van der Waals surface area contributed by atoms with Gasteiger partial charge in [-0.3, -0.25) is 4.79 Å². The van der Waals surface area contributed by atoms with Gasteiger partial charge in [0, 0.05) is 17.1 Å². The SMILES string of the molecule is CC1CC(CN)CN1C(=O)c1c(F)cccc1Br.Cl. The van der Waals surface area contributed by atoms with E-state index in [1.54, 1.807) is 17.0 Å². The molecule has 0 spiro atoms. The Morgan fingerprint density at radius 1 is 1.58 bits per heavy atom. The Labute approximate surface area is 126 Å². The van der Waals surface area contributed by atoms with Crippen LogP contribution in [0.2, 0.25) is 0 Å². The van der Waals surface area contributed by atoms with Gasteiger partial charge in [0.1, 0.15) is 5.82 Å². The summed E-state index contributed by atoms with van der Waals surface area (Å²) in [5, 5.41) is 0. The van der Waals surface area contributed by atoms with Crippen molar-refractivity contribution >= 4 is 34.2 Å². The molecule has 6 heteroatoms. The zero-order chi connectivity index (χ0) is 13.3. The second-order valence-electron chi connectivity index (χ2n) is 4.74. The van der Waals surface area contributed by atoms with Crippen molar-refractivity contribution in [3.63, 3.8) is 0 Å². The number of nitrogens with two attached hydrogens (primary N) is 1. The molecule has 3 nitrogen and oxygen atoms in total. The Kier molecular flexibility index (Phi) is 5.77. The summed E-state index contributed by atoms with van der Waals surface area (Å²) in [4.78, 5) is 14.1. The van der Waals surface area contributed by atoms with Crippen molar-refractivity contribution in [3.05, 3.63) is 34.1 Å². The molecule has 2 atom stereocenters. The lowest BCUT2D eigenvalue weighted by molar-refractivity contribution is 0.0737. The number of amides is 1. The summed E-state index contributed by atoms with van der Waals surface area (Å²) in [7, 11) is 0. The van der Waals surface area contributed by atoms with E-state index < -0.39 is 5.82 Å². The fraction of sp³-hybridized carbons (Fsp3) is 0.462. The van der Waals surface area contributed by atoms with E-state index in [0.29, 0.717) is 23.5 Å². The zero-order valence-corrected chi connectivity index (χ0v) is 13.0. The first-order chi connectivity index (χ1) is 8.54. The minimum Gasteiger partial charge on any atom is -0.335 e. The maximum Gasteiger partial charge on any atom is 0.258 e. The van der Waals surface area contributed by atoms with Crippen LogP contribution in [-0.2, 0) is 0 Å². The molecule has 1 aromatic rings. The first-order valence-electron chi connectivity index (χ1n) is 5.99. The minimum absolute atomic E-state index is 0. The summed E-state index contributed by atoms with van der Waals surface area (Å²) in [6, 6.07) is 4.67. The monoisotopic (exact) mass is 350 g/mol. The lowest BCUT2D eigenvalue weighted by Gasteiger charge is -2.22. The summed E-state index contributed by atoms with van der Waals surface area (Å²) in [5.41, 5.74) is 5.75. The molecular formula is C13H17BrClFN2O. The van der Waals surface area contributed by atoms with Crippen molar-refractivity contribution in [2.75, 3.05) is 13.1 Å². The smallest absolute Gasteiger partial charge is 0.258 e. The number of benzene rings is 1. The van der Waals surface area contributed by atoms with Crippen molar-refractivity contribution < 1.29 is 9.18 Å². The van der Waals surface area contributed by atoms with E-state index in [9.17, 15) is 9.18 Å². The van der Waals surface area contributed by atoms with Crippen LogP contribution in [0.5, 0.6) is 0 Å². The van der Waals surface area contributed by atoms with Gasteiger partial charge in [0.2, 0.25) is 0 Å². The van der Waals surface area contributed by atoms with Crippen LogP contribution < -0.4 is 5.73 Å². The highest BCUT2D eigenvalue weighted by molar-refractivity contribution is 9.10. The van der Waals surface area contributed by atoms with Crippen molar-refractivity contribution in [2.45, 2.75) is 19.4 Å². The highest BCUT2D eigenvalue weighted by Crippen LogP contribution is 2.27. The molecule has 0 radical (unpaired) electrons. The average molecular weight is 352 g/mol. The Morgan fingerprint density at radius 3 is 2.79 bits per heavy atom. The first-order valence-corrected chi connectivity index (χ1v) is 6.79. The number of hydrogen-bond donors (Lipinski definition) is 1. The Bertz CT molecular complexity index is 452. The maximum atomic E-state index is 13.8. The maximum absolute atomic E-state index is 13.8. The van der Waals surface area contributed by atoms with Gasteiger partial charge in [-0.15, -0.1) is 12.4 Å². The van der Waals surface area contributed by atoms with E-state index in [2.05, 4.69) is 15.9 Å². The number of nitrogens with zero attached hydrogens (tertiary/aromatic N) is 1. The van der Waals surface area contributed by atoms with Crippen molar-refractivity contribution in [1.82, 2.24) is 4.90 Å². The molecule has 1 aromatic carbocycles.